The van der Waals surface area contributed by atoms with E-state index in [2.05, 4.69) is 5.32 Å². The SMILES string of the molecule is CC(=O)NCCN(CC(=O)N1CCSc2ccccc21)C(C)C(=O)O. The molecule has 0 bridgehead atoms. The third kappa shape index (κ3) is 5.20. The number of nitrogens with zero attached hydrogens (tertiary/aromatic N) is 2. The Kier molecular flexibility index (Phi) is 6.83. The largest absolute Gasteiger partial charge is 0.480 e. The number of nitrogens with one attached hydrogen (secondary N) is 1. The van der Waals surface area contributed by atoms with Crippen LogP contribution >= 0.6 is 11.8 Å². The molecule has 1 unspecified atom stereocenters. The number of para-hydroxylation sites is 1. The maximum atomic E-state index is 12.8. The van der Waals surface area contributed by atoms with Crippen molar-refractivity contribution in [1.82, 2.24) is 10.2 Å². The molecule has 0 saturated carbocycles. The highest BCUT2D eigenvalue weighted by Gasteiger charge is 2.28. The summed E-state index contributed by atoms with van der Waals surface area (Å²) in [5.74, 6) is -0.506. The monoisotopic (exact) mass is 365 g/mol. The smallest absolute Gasteiger partial charge is 0.320 e. The first-order chi connectivity index (χ1) is 11.9. The van der Waals surface area contributed by atoms with Crippen molar-refractivity contribution >= 4 is 35.2 Å². The molecule has 0 radical (unpaired) electrons. The summed E-state index contributed by atoms with van der Waals surface area (Å²) in [7, 11) is 0. The van der Waals surface area contributed by atoms with E-state index in [9.17, 15) is 19.5 Å². The molecule has 0 aromatic heterocycles. The minimum atomic E-state index is -0.995. The fourth-order valence-corrected chi connectivity index (χ4v) is 3.62. The number of carboxylic acids is 1. The van der Waals surface area contributed by atoms with Gasteiger partial charge < -0.3 is 15.3 Å². The molecule has 25 heavy (non-hydrogen) atoms. The van der Waals surface area contributed by atoms with Gasteiger partial charge >= 0.3 is 5.97 Å². The number of benzene rings is 1. The van der Waals surface area contributed by atoms with Gasteiger partial charge in [-0.2, -0.15) is 0 Å². The molecular formula is C17H23N3O4S. The molecule has 1 aliphatic heterocycles. The number of anilines is 1. The number of thioether (sulfide) groups is 1. The van der Waals surface area contributed by atoms with Gasteiger partial charge in [-0.1, -0.05) is 12.1 Å². The van der Waals surface area contributed by atoms with Crippen molar-refractivity contribution in [2.45, 2.75) is 24.8 Å². The minimum absolute atomic E-state index is 0.00788. The van der Waals surface area contributed by atoms with Gasteiger partial charge in [-0.15, -0.1) is 11.8 Å². The number of hydrogen-bond donors (Lipinski definition) is 2. The zero-order valence-corrected chi connectivity index (χ0v) is 15.2. The van der Waals surface area contributed by atoms with Gasteiger partial charge in [-0.3, -0.25) is 19.3 Å². The van der Waals surface area contributed by atoms with Crippen LogP contribution in [0.1, 0.15) is 13.8 Å². The van der Waals surface area contributed by atoms with Gasteiger partial charge in [0.15, 0.2) is 0 Å². The molecule has 1 atom stereocenters. The highest BCUT2D eigenvalue weighted by atomic mass is 32.2. The zero-order chi connectivity index (χ0) is 18.4. The Morgan fingerprint density at radius 1 is 1.36 bits per heavy atom. The maximum Gasteiger partial charge on any atom is 0.320 e. The molecule has 0 aliphatic carbocycles. The summed E-state index contributed by atoms with van der Waals surface area (Å²) >= 11 is 1.71. The van der Waals surface area contributed by atoms with Gasteiger partial charge in [0.05, 0.1) is 12.2 Å². The summed E-state index contributed by atoms with van der Waals surface area (Å²) in [4.78, 5) is 39.5. The average molecular weight is 365 g/mol. The normalized spacial score (nSPS) is 14.8. The Hall–Kier alpha value is -2.06. The Morgan fingerprint density at radius 2 is 2.08 bits per heavy atom. The van der Waals surface area contributed by atoms with Gasteiger partial charge in [0, 0.05) is 37.2 Å². The van der Waals surface area contributed by atoms with E-state index in [-0.39, 0.29) is 18.4 Å². The van der Waals surface area contributed by atoms with E-state index in [4.69, 9.17) is 0 Å². The summed E-state index contributed by atoms with van der Waals surface area (Å²) in [5, 5.41) is 11.9. The molecule has 0 spiro atoms. The average Bonchev–Trinajstić information content (AvgIpc) is 2.59. The third-order valence-corrected chi connectivity index (χ3v) is 5.09. The van der Waals surface area contributed by atoms with Crippen molar-refractivity contribution in [2.75, 3.05) is 36.8 Å². The lowest BCUT2D eigenvalue weighted by Gasteiger charge is -2.32. The number of amides is 2. The van der Waals surface area contributed by atoms with Crippen molar-refractivity contribution in [3.63, 3.8) is 0 Å². The van der Waals surface area contributed by atoms with Gasteiger partial charge in [-0.25, -0.2) is 0 Å². The van der Waals surface area contributed by atoms with Crippen LogP contribution in [0.4, 0.5) is 5.69 Å². The van der Waals surface area contributed by atoms with E-state index in [0.29, 0.717) is 19.6 Å². The van der Waals surface area contributed by atoms with Gasteiger partial charge in [-0.05, 0) is 19.1 Å². The van der Waals surface area contributed by atoms with E-state index >= 15 is 0 Å². The van der Waals surface area contributed by atoms with Crippen LogP contribution in [0.25, 0.3) is 0 Å². The molecule has 2 amide bonds. The molecule has 136 valence electrons. The molecule has 0 fully saturated rings. The quantitative estimate of drug-likeness (QED) is 0.750. The van der Waals surface area contributed by atoms with Crippen molar-refractivity contribution in [2.24, 2.45) is 0 Å². The molecule has 1 heterocycles. The van der Waals surface area contributed by atoms with Gasteiger partial charge in [0.2, 0.25) is 11.8 Å². The standard InChI is InChI=1S/C17H23N3O4S/c1-12(17(23)24)19(8-7-18-13(2)21)11-16(22)20-9-10-25-15-6-4-3-5-14(15)20/h3-6,12H,7-11H2,1-2H3,(H,18,21)(H,23,24). The summed E-state index contributed by atoms with van der Waals surface area (Å²) in [6.07, 6.45) is 0. The molecule has 1 aromatic rings. The lowest BCUT2D eigenvalue weighted by molar-refractivity contribution is -0.143. The van der Waals surface area contributed by atoms with Crippen molar-refractivity contribution in [1.29, 1.82) is 0 Å². The van der Waals surface area contributed by atoms with Gasteiger partial charge in [0.1, 0.15) is 6.04 Å². The van der Waals surface area contributed by atoms with Crippen LogP contribution in [-0.2, 0) is 14.4 Å². The second-order valence-electron chi connectivity index (χ2n) is 5.83. The van der Waals surface area contributed by atoms with E-state index in [0.717, 1.165) is 16.3 Å². The Bertz CT molecular complexity index is 653. The maximum absolute atomic E-state index is 12.8. The predicted molar refractivity (Wildman–Crippen MR) is 96.9 cm³/mol. The fraction of sp³-hybridized carbons (Fsp3) is 0.471. The number of rotatable bonds is 7. The molecule has 1 aliphatic rings. The van der Waals surface area contributed by atoms with Crippen LogP contribution in [0, 0.1) is 0 Å². The lowest BCUT2D eigenvalue weighted by Crippen LogP contribution is -2.49. The van der Waals surface area contributed by atoms with Crippen LogP contribution in [0.3, 0.4) is 0 Å². The Morgan fingerprint density at radius 3 is 2.76 bits per heavy atom. The van der Waals surface area contributed by atoms with Crippen LogP contribution in [0.15, 0.2) is 29.2 Å². The van der Waals surface area contributed by atoms with Gasteiger partial charge in [0.25, 0.3) is 0 Å². The van der Waals surface area contributed by atoms with E-state index < -0.39 is 12.0 Å². The fourth-order valence-electron chi connectivity index (χ4n) is 2.63. The van der Waals surface area contributed by atoms with Crippen molar-refractivity contribution in [3.05, 3.63) is 24.3 Å². The number of hydrogen-bond acceptors (Lipinski definition) is 5. The number of carbonyl (C=O) groups excluding carboxylic acids is 2. The molecule has 1 aromatic carbocycles. The number of carboxylic acid groups (broad SMARTS) is 1. The van der Waals surface area contributed by atoms with E-state index in [1.807, 2.05) is 24.3 Å². The number of fused-ring (bicyclic) bond motifs is 1. The highest BCUT2D eigenvalue weighted by Crippen LogP contribution is 2.34. The van der Waals surface area contributed by atoms with Crippen LogP contribution in [0.2, 0.25) is 0 Å². The van der Waals surface area contributed by atoms with E-state index in [1.165, 1.54) is 6.92 Å². The molecular weight excluding hydrogens is 342 g/mol. The number of carbonyl (C=O) groups is 3. The topological polar surface area (TPSA) is 90.0 Å². The second kappa shape index (κ2) is 8.87. The van der Waals surface area contributed by atoms with Crippen LogP contribution < -0.4 is 10.2 Å². The van der Waals surface area contributed by atoms with Crippen LogP contribution in [-0.4, -0.2) is 65.8 Å². The highest BCUT2D eigenvalue weighted by molar-refractivity contribution is 7.99. The molecule has 0 saturated heterocycles. The third-order valence-electron chi connectivity index (χ3n) is 4.05. The summed E-state index contributed by atoms with van der Waals surface area (Å²) in [5.41, 5.74) is 0.869. The Balaban J connectivity index is 2.08. The first-order valence-corrected chi connectivity index (χ1v) is 9.12. The predicted octanol–water partition coefficient (Wildman–Crippen LogP) is 1.04. The van der Waals surface area contributed by atoms with E-state index in [1.54, 1.807) is 28.5 Å². The molecule has 2 N–H and O–H groups in total. The summed E-state index contributed by atoms with van der Waals surface area (Å²) in [6.45, 7) is 4.13. The van der Waals surface area contributed by atoms with Crippen molar-refractivity contribution in [3.8, 4) is 0 Å². The Labute approximate surface area is 151 Å². The summed E-state index contributed by atoms with van der Waals surface area (Å²) < 4.78 is 0. The first kappa shape index (κ1) is 19.3. The molecule has 2 rings (SSSR count). The lowest BCUT2D eigenvalue weighted by atomic mass is 10.2. The number of aliphatic carboxylic acids is 1. The first-order valence-electron chi connectivity index (χ1n) is 8.13. The molecule has 8 heteroatoms. The second-order valence-corrected chi connectivity index (χ2v) is 6.97. The zero-order valence-electron chi connectivity index (χ0n) is 14.4. The van der Waals surface area contributed by atoms with Crippen LogP contribution in [0.5, 0.6) is 0 Å². The molecule has 7 nitrogen and oxygen atoms in total. The summed E-state index contributed by atoms with van der Waals surface area (Å²) in [6, 6.07) is 6.90. The van der Waals surface area contributed by atoms with Crippen molar-refractivity contribution < 1.29 is 19.5 Å². The minimum Gasteiger partial charge on any atom is -0.480 e.